The molecule has 0 aromatic heterocycles. The summed E-state index contributed by atoms with van der Waals surface area (Å²) in [5, 5.41) is 163. The van der Waals surface area contributed by atoms with Crippen molar-refractivity contribution in [3.63, 3.8) is 0 Å². The van der Waals surface area contributed by atoms with E-state index in [0.29, 0.717) is 5.06 Å². The van der Waals surface area contributed by atoms with Crippen molar-refractivity contribution >= 4 is 35.5 Å². The van der Waals surface area contributed by atoms with Crippen LogP contribution in [0.5, 0.6) is 0 Å². The standard InChI is InChI=1S/C46H76N4O31/c51-17-21-31(61)35(65)39(69)43(77-21)73-11-7-47(8-12-74-44-40(70)36(66)32(62)22(18-52)78-44)28(58)15-49(25(55)3-1-2-4-30(60)81-50-26(56)5-6-27(50)57)16-29(59)48(9-13-75-45-41(71)37(67)33(63)23(19-53)79-45)10-14-76-46-42(72)38(68)34(64)24(20-54)80-46/h21-24,31-46,51-54,61-72H,1-20H2/t21-,22-,23-,24-,31-,32-,33-,34-,35+,36+,37+,38+,39+,40+,41+,42+,43+,44+,45+,46+/m1/s1. The molecule has 5 saturated heterocycles. The van der Waals surface area contributed by atoms with Crippen molar-refractivity contribution in [3.05, 3.63) is 0 Å². The molecular weight excluding hydrogens is 1100 g/mol. The maximum atomic E-state index is 14.5. The zero-order chi connectivity index (χ0) is 59.8. The summed E-state index contributed by atoms with van der Waals surface area (Å²) in [6.07, 6.45) is -35.7. The van der Waals surface area contributed by atoms with Crippen LogP contribution in [0.1, 0.15) is 38.5 Å². The molecule has 5 aliphatic rings. The summed E-state index contributed by atoms with van der Waals surface area (Å²) in [5.74, 6) is -5.32. The highest BCUT2D eigenvalue weighted by Gasteiger charge is 2.48. The molecule has 5 heterocycles. The number of hydrogen-bond acceptors (Lipinski definition) is 31. The third-order valence-electron chi connectivity index (χ3n) is 13.9. The van der Waals surface area contributed by atoms with Crippen LogP contribution in [0.25, 0.3) is 0 Å². The third kappa shape index (κ3) is 18.0. The molecular formula is C46H76N4O31. The van der Waals surface area contributed by atoms with E-state index in [4.69, 9.17) is 42.7 Å². The van der Waals surface area contributed by atoms with Crippen LogP contribution < -0.4 is 0 Å². The monoisotopic (exact) mass is 1180 g/mol. The predicted octanol–water partition coefficient (Wildman–Crippen LogP) is -12.1. The number of carbonyl (C=O) groups excluding carboxylic acids is 6. The van der Waals surface area contributed by atoms with E-state index in [2.05, 4.69) is 0 Å². The van der Waals surface area contributed by atoms with Gasteiger partial charge in [0.05, 0.1) is 52.9 Å². The van der Waals surface area contributed by atoms with Crippen molar-refractivity contribution in [2.24, 2.45) is 0 Å². The first-order valence-corrected chi connectivity index (χ1v) is 26.1. The number of ether oxygens (including phenoxy) is 8. The average Bonchev–Trinajstić information content (AvgIpc) is 3.77. The highest BCUT2D eigenvalue weighted by atomic mass is 16.7. The van der Waals surface area contributed by atoms with Crippen molar-refractivity contribution in [1.82, 2.24) is 19.8 Å². The molecule has 0 aromatic rings. The second-order valence-electron chi connectivity index (χ2n) is 19.5. The first kappa shape index (κ1) is 67.8. The van der Waals surface area contributed by atoms with Crippen LogP contribution in [0, 0.1) is 0 Å². The molecule has 20 atom stereocenters. The van der Waals surface area contributed by atoms with E-state index in [1.165, 1.54) is 0 Å². The summed E-state index contributed by atoms with van der Waals surface area (Å²) in [6, 6.07) is 0. The Kier molecular flexibility index (Phi) is 27.1. The lowest BCUT2D eigenvalue weighted by Gasteiger charge is -2.40. The summed E-state index contributed by atoms with van der Waals surface area (Å²) in [4.78, 5) is 87.2. The van der Waals surface area contributed by atoms with E-state index < -0.39 is 263 Å². The SMILES string of the molecule is O=C(CCCCC(=O)N(CC(=O)N(CCO[C@H]1O[C@H](CO)[C@@H](O)[C@H](O)[C@@H]1O)CCO[C@H]1O[C@H](CO)[C@@H](O)[C@H](O)[C@@H]1O)CC(=O)N(CCO[C@H]1O[C@H](CO)[C@@H](O)[C@H](O)[C@@H]1O)CCO[C@H]1O[C@H](CO)[C@@H](O)[C@H](O)[C@@H]1O)ON1C(=O)CCC1=O. The maximum absolute atomic E-state index is 14.5. The Bertz CT molecular complexity index is 1810. The van der Waals surface area contributed by atoms with Gasteiger partial charge in [-0.1, -0.05) is 0 Å². The van der Waals surface area contributed by atoms with Crippen LogP contribution in [-0.2, 0) is 71.5 Å². The first-order valence-electron chi connectivity index (χ1n) is 26.1. The van der Waals surface area contributed by atoms with Crippen molar-refractivity contribution in [1.29, 1.82) is 0 Å². The lowest BCUT2D eigenvalue weighted by molar-refractivity contribution is -0.303. The molecule has 0 saturated carbocycles. The van der Waals surface area contributed by atoms with Gasteiger partial charge in [-0.2, -0.15) is 0 Å². The molecule has 0 radical (unpaired) electrons. The van der Waals surface area contributed by atoms with Crippen molar-refractivity contribution < 1.29 is 153 Å². The number of rotatable bonds is 30. The van der Waals surface area contributed by atoms with Gasteiger partial charge in [0.15, 0.2) is 25.2 Å². The molecule has 466 valence electrons. The smallest absolute Gasteiger partial charge is 0.333 e. The number of aliphatic hydroxyl groups is 16. The minimum absolute atomic E-state index is 0.0933. The average molecular weight is 1180 g/mol. The Balaban J connectivity index is 1.37. The minimum Gasteiger partial charge on any atom is -0.394 e. The van der Waals surface area contributed by atoms with Gasteiger partial charge in [-0.3, -0.25) is 24.0 Å². The number of hydroxylamine groups is 2. The normalized spacial score (nSPS) is 35.4. The molecule has 5 rings (SSSR count). The Labute approximate surface area is 461 Å². The van der Waals surface area contributed by atoms with E-state index >= 15 is 0 Å². The Morgan fingerprint density at radius 3 is 0.975 bits per heavy atom. The zero-order valence-electron chi connectivity index (χ0n) is 43.8. The number of carbonyl (C=O) groups is 6. The van der Waals surface area contributed by atoms with Gasteiger partial charge in [0.2, 0.25) is 17.7 Å². The second-order valence-corrected chi connectivity index (χ2v) is 19.5. The van der Waals surface area contributed by atoms with Crippen LogP contribution in [-0.4, -0.2) is 352 Å². The van der Waals surface area contributed by atoms with Crippen molar-refractivity contribution in [3.8, 4) is 0 Å². The molecule has 81 heavy (non-hydrogen) atoms. The van der Waals surface area contributed by atoms with Gasteiger partial charge >= 0.3 is 5.97 Å². The number of amides is 5. The number of imide groups is 1. The molecule has 0 bridgehead atoms. The fourth-order valence-electron chi connectivity index (χ4n) is 8.93. The lowest BCUT2D eigenvalue weighted by Crippen LogP contribution is -2.59. The molecule has 0 aliphatic carbocycles. The molecule has 5 aliphatic heterocycles. The van der Waals surface area contributed by atoms with Gasteiger partial charge in [0, 0.05) is 51.9 Å². The molecule has 0 aromatic carbocycles. The lowest BCUT2D eigenvalue weighted by atomic mass is 9.99. The van der Waals surface area contributed by atoms with Crippen molar-refractivity contribution in [2.45, 2.75) is 161 Å². The summed E-state index contributed by atoms with van der Waals surface area (Å²) in [7, 11) is 0. The van der Waals surface area contributed by atoms with Gasteiger partial charge in [-0.15, -0.1) is 5.06 Å². The highest BCUT2D eigenvalue weighted by molar-refractivity contribution is 6.01. The van der Waals surface area contributed by atoms with Crippen molar-refractivity contribution in [2.75, 3.05) is 92.1 Å². The Hall–Kier alpha value is -3.94. The summed E-state index contributed by atoms with van der Waals surface area (Å²) >= 11 is 0. The van der Waals surface area contributed by atoms with E-state index in [9.17, 15) is 110 Å². The molecule has 35 heteroatoms. The van der Waals surface area contributed by atoms with Gasteiger partial charge < -0.3 is 139 Å². The van der Waals surface area contributed by atoms with E-state index in [-0.39, 0.29) is 25.7 Å². The Morgan fingerprint density at radius 2 is 0.691 bits per heavy atom. The first-order chi connectivity index (χ1) is 38.5. The quantitative estimate of drug-likeness (QED) is 0.0235. The largest absolute Gasteiger partial charge is 0.394 e. The highest BCUT2D eigenvalue weighted by Crippen LogP contribution is 2.26. The van der Waals surface area contributed by atoms with Crippen LogP contribution in [0.15, 0.2) is 0 Å². The number of nitrogens with zero attached hydrogens (tertiary/aromatic N) is 4. The minimum atomic E-state index is -1.87. The molecule has 16 N–H and O–H groups in total. The summed E-state index contributed by atoms with van der Waals surface area (Å²) in [6.45, 7) is -9.31. The van der Waals surface area contributed by atoms with Gasteiger partial charge in [0.25, 0.3) is 11.8 Å². The molecule has 35 nitrogen and oxygen atoms in total. The van der Waals surface area contributed by atoms with E-state index in [0.717, 1.165) is 14.7 Å². The van der Waals surface area contributed by atoms with Crippen LogP contribution in [0.3, 0.4) is 0 Å². The van der Waals surface area contributed by atoms with E-state index in [1.807, 2.05) is 0 Å². The molecule has 0 spiro atoms. The van der Waals surface area contributed by atoms with Crippen LogP contribution in [0.2, 0.25) is 0 Å². The number of hydrogen-bond donors (Lipinski definition) is 16. The van der Waals surface area contributed by atoms with Crippen LogP contribution >= 0.6 is 0 Å². The van der Waals surface area contributed by atoms with Gasteiger partial charge in [-0.05, 0) is 12.8 Å². The number of aliphatic hydroxyl groups excluding tert-OH is 16. The summed E-state index contributed by atoms with van der Waals surface area (Å²) < 4.78 is 43.9. The Morgan fingerprint density at radius 1 is 0.407 bits per heavy atom. The number of unbranched alkanes of at least 4 members (excludes halogenated alkanes) is 1. The molecule has 5 fully saturated rings. The molecule has 0 unspecified atom stereocenters. The van der Waals surface area contributed by atoms with Gasteiger partial charge in [0.1, 0.15) is 111 Å². The third-order valence-corrected chi connectivity index (χ3v) is 13.9. The predicted molar refractivity (Wildman–Crippen MR) is 254 cm³/mol. The van der Waals surface area contributed by atoms with E-state index in [1.54, 1.807) is 0 Å². The fourth-order valence-corrected chi connectivity index (χ4v) is 8.93. The maximum Gasteiger partial charge on any atom is 0.333 e. The summed E-state index contributed by atoms with van der Waals surface area (Å²) in [5.41, 5.74) is 0. The second kappa shape index (κ2) is 32.4. The topological polar surface area (TPSA) is 522 Å². The fraction of sp³-hybridized carbons (Fsp3) is 0.870. The van der Waals surface area contributed by atoms with Crippen LogP contribution in [0.4, 0.5) is 0 Å². The van der Waals surface area contributed by atoms with Gasteiger partial charge in [-0.25, -0.2) is 4.79 Å². The zero-order valence-corrected chi connectivity index (χ0v) is 43.8. The molecule has 5 amide bonds.